The highest BCUT2D eigenvalue weighted by atomic mass is 16.6. The average Bonchev–Trinajstić information content (AvgIpc) is 2.99. The highest BCUT2D eigenvalue weighted by Crippen LogP contribution is 2.25. The zero-order chi connectivity index (χ0) is 16.5. The van der Waals surface area contributed by atoms with E-state index in [1.165, 1.54) is 5.57 Å². The molecule has 1 aliphatic rings. The van der Waals surface area contributed by atoms with Crippen LogP contribution in [0.25, 0.3) is 0 Å². The second kappa shape index (κ2) is 9.13. The molecule has 2 rings (SSSR count). The van der Waals surface area contributed by atoms with Crippen molar-refractivity contribution in [2.24, 2.45) is 5.16 Å². The minimum Gasteiger partial charge on any atom is -0.481 e. The largest absolute Gasteiger partial charge is 0.481 e. The molecule has 0 heterocycles. The molecule has 4 heteroatoms. The first-order chi connectivity index (χ1) is 11.2. The summed E-state index contributed by atoms with van der Waals surface area (Å²) in [6.07, 6.45) is 8.98. The molecule has 124 valence electrons. The van der Waals surface area contributed by atoms with Gasteiger partial charge in [-0.1, -0.05) is 54.4 Å². The first-order valence-corrected chi connectivity index (χ1v) is 8.29. The summed E-state index contributed by atoms with van der Waals surface area (Å²) in [7, 11) is 1.58. The van der Waals surface area contributed by atoms with Gasteiger partial charge in [0.05, 0.1) is 11.6 Å². The lowest BCUT2D eigenvalue weighted by molar-refractivity contribution is -0.139. The number of rotatable bonds is 9. The number of hydrogen-bond acceptors (Lipinski definition) is 3. The van der Waals surface area contributed by atoms with E-state index in [1.54, 1.807) is 7.11 Å². The third-order valence-electron chi connectivity index (χ3n) is 4.28. The van der Waals surface area contributed by atoms with Crippen molar-refractivity contribution < 1.29 is 14.7 Å². The molecule has 0 amide bonds. The van der Waals surface area contributed by atoms with Crippen molar-refractivity contribution in [3.8, 4) is 0 Å². The van der Waals surface area contributed by atoms with Crippen molar-refractivity contribution in [1.82, 2.24) is 0 Å². The van der Waals surface area contributed by atoms with Crippen molar-refractivity contribution in [1.29, 1.82) is 0 Å². The van der Waals surface area contributed by atoms with E-state index in [2.05, 4.69) is 11.2 Å². The van der Waals surface area contributed by atoms with E-state index in [9.17, 15) is 9.90 Å². The lowest BCUT2D eigenvalue weighted by Crippen LogP contribution is -2.11. The lowest BCUT2D eigenvalue weighted by atomic mass is 9.93. The molecule has 1 aliphatic carbocycles. The number of aliphatic carboxylic acids is 1. The second-order valence-corrected chi connectivity index (χ2v) is 5.89. The Morgan fingerprint density at radius 1 is 1.26 bits per heavy atom. The molecule has 0 aromatic heterocycles. The summed E-state index contributed by atoms with van der Waals surface area (Å²) in [6, 6.07) is 9.51. The van der Waals surface area contributed by atoms with Crippen molar-refractivity contribution >= 4 is 11.7 Å². The number of carboxylic acids is 1. The van der Waals surface area contributed by atoms with E-state index in [-0.39, 0.29) is 0 Å². The maximum absolute atomic E-state index is 11.4. The predicted octanol–water partition coefficient (Wildman–Crippen LogP) is 4.53. The molecule has 1 aromatic rings. The maximum atomic E-state index is 11.4. The molecule has 0 bridgehead atoms. The summed E-state index contributed by atoms with van der Waals surface area (Å²) < 4.78 is 0. The highest BCUT2D eigenvalue weighted by molar-refractivity contribution is 6.01. The Labute approximate surface area is 137 Å². The quantitative estimate of drug-likeness (QED) is 0.538. The van der Waals surface area contributed by atoms with Gasteiger partial charge in [-0.25, -0.2) is 0 Å². The van der Waals surface area contributed by atoms with Crippen LogP contribution in [-0.4, -0.2) is 23.9 Å². The maximum Gasteiger partial charge on any atom is 0.310 e. The van der Waals surface area contributed by atoms with Gasteiger partial charge in [-0.2, -0.15) is 0 Å². The average molecular weight is 315 g/mol. The zero-order valence-electron chi connectivity index (χ0n) is 13.7. The summed E-state index contributed by atoms with van der Waals surface area (Å²) in [5.41, 5.74) is 3.26. The number of benzene rings is 1. The third-order valence-corrected chi connectivity index (χ3v) is 4.28. The summed E-state index contributed by atoms with van der Waals surface area (Å²) in [5.74, 6) is -1.13. The zero-order valence-corrected chi connectivity index (χ0v) is 13.7. The summed E-state index contributed by atoms with van der Waals surface area (Å²) in [6.45, 7) is 0. The van der Waals surface area contributed by atoms with Gasteiger partial charge in [-0.3, -0.25) is 4.79 Å². The molecule has 1 aromatic carbocycles. The molecule has 0 spiro atoms. The molecule has 23 heavy (non-hydrogen) atoms. The minimum absolute atomic E-state index is 0.396. The van der Waals surface area contributed by atoms with Crippen LogP contribution in [0.1, 0.15) is 56.4 Å². The van der Waals surface area contributed by atoms with Crippen LogP contribution in [0, 0.1) is 0 Å². The number of nitrogens with zero attached hydrogens (tertiary/aromatic N) is 1. The van der Waals surface area contributed by atoms with Crippen LogP contribution in [-0.2, 0) is 9.63 Å². The number of allylic oxidation sites excluding steroid dienone is 2. The molecular formula is C19H25NO3. The monoisotopic (exact) mass is 315 g/mol. The van der Waals surface area contributed by atoms with E-state index in [0.717, 1.165) is 49.8 Å². The predicted molar refractivity (Wildman–Crippen MR) is 91.7 cm³/mol. The van der Waals surface area contributed by atoms with E-state index in [0.29, 0.717) is 6.42 Å². The Hall–Kier alpha value is -2.10. The number of carbonyl (C=O) groups is 1. The van der Waals surface area contributed by atoms with E-state index in [4.69, 9.17) is 4.84 Å². The normalized spacial score (nSPS) is 17.1. The topological polar surface area (TPSA) is 58.9 Å². The first-order valence-electron chi connectivity index (χ1n) is 8.29. The number of unbranched alkanes of at least 4 members (excludes halogenated alkanes) is 2. The minimum atomic E-state index is -0.732. The molecule has 0 aliphatic heterocycles. The molecule has 1 unspecified atom stereocenters. The van der Waals surface area contributed by atoms with E-state index < -0.39 is 11.9 Å². The number of hydrogen-bond donors (Lipinski definition) is 1. The Morgan fingerprint density at radius 2 is 2.04 bits per heavy atom. The molecule has 0 fully saturated rings. The van der Waals surface area contributed by atoms with Gasteiger partial charge in [0.1, 0.15) is 7.11 Å². The number of oxime groups is 1. The fourth-order valence-electron chi connectivity index (χ4n) is 3.08. The van der Waals surface area contributed by atoms with Gasteiger partial charge in [-0.15, -0.1) is 0 Å². The van der Waals surface area contributed by atoms with E-state index in [1.807, 2.05) is 30.3 Å². The van der Waals surface area contributed by atoms with Gasteiger partial charge in [0, 0.05) is 0 Å². The first kappa shape index (κ1) is 17.3. The SMILES string of the molecule is CO/N=C1\CCC=C1CCCCCC(C(=O)O)c1ccccc1. The van der Waals surface area contributed by atoms with E-state index >= 15 is 0 Å². The van der Waals surface area contributed by atoms with Crippen molar-refractivity contribution in [3.05, 3.63) is 47.5 Å². The fraction of sp³-hybridized carbons (Fsp3) is 0.474. The Balaban J connectivity index is 1.74. The summed E-state index contributed by atoms with van der Waals surface area (Å²) in [5, 5.41) is 13.5. The molecule has 0 radical (unpaired) electrons. The Bertz CT molecular complexity index is 563. The summed E-state index contributed by atoms with van der Waals surface area (Å²) >= 11 is 0. The molecule has 0 saturated heterocycles. The van der Waals surface area contributed by atoms with Gasteiger partial charge in [0.25, 0.3) is 0 Å². The van der Waals surface area contributed by atoms with Gasteiger partial charge >= 0.3 is 5.97 Å². The molecule has 1 N–H and O–H groups in total. The van der Waals surface area contributed by atoms with Gasteiger partial charge < -0.3 is 9.94 Å². The van der Waals surface area contributed by atoms with Crippen LogP contribution in [0.15, 0.2) is 47.1 Å². The smallest absolute Gasteiger partial charge is 0.310 e. The summed E-state index contributed by atoms with van der Waals surface area (Å²) in [4.78, 5) is 16.3. The van der Waals surface area contributed by atoms with Crippen molar-refractivity contribution in [2.45, 2.75) is 50.9 Å². The fourth-order valence-corrected chi connectivity index (χ4v) is 3.08. The van der Waals surface area contributed by atoms with Crippen LogP contribution >= 0.6 is 0 Å². The third kappa shape index (κ3) is 5.23. The van der Waals surface area contributed by atoms with Crippen LogP contribution < -0.4 is 0 Å². The molecule has 1 atom stereocenters. The number of carboxylic acid groups (broad SMARTS) is 1. The molecule has 0 saturated carbocycles. The van der Waals surface area contributed by atoms with Crippen LogP contribution in [0.3, 0.4) is 0 Å². The van der Waals surface area contributed by atoms with Crippen LogP contribution in [0.2, 0.25) is 0 Å². The van der Waals surface area contributed by atoms with Crippen LogP contribution in [0.5, 0.6) is 0 Å². The van der Waals surface area contributed by atoms with Gasteiger partial charge in [0.2, 0.25) is 0 Å². The van der Waals surface area contributed by atoms with Crippen LogP contribution in [0.4, 0.5) is 0 Å². The second-order valence-electron chi connectivity index (χ2n) is 5.89. The molecule has 4 nitrogen and oxygen atoms in total. The standard InChI is InChI=1S/C19H25NO3/c1-23-20-18-14-8-12-16(18)11-6-3-7-13-17(19(21)22)15-9-4-2-5-10-15/h2,4-5,9-10,12,17H,3,6-8,11,13-14H2,1H3,(H,21,22)/b20-18+. The highest BCUT2D eigenvalue weighted by Gasteiger charge is 2.19. The van der Waals surface area contributed by atoms with Crippen molar-refractivity contribution in [2.75, 3.05) is 7.11 Å². The lowest BCUT2D eigenvalue weighted by Gasteiger charge is -2.12. The Kier molecular flexibility index (Phi) is 6.85. The van der Waals surface area contributed by atoms with Gasteiger partial charge in [-0.05, 0) is 43.2 Å². The molecular weight excluding hydrogens is 290 g/mol. The Morgan fingerprint density at radius 3 is 2.74 bits per heavy atom. The van der Waals surface area contributed by atoms with Crippen molar-refractivity contribution in [3.63, 3.8) is 0 Å². The van der Waals surface area contributed by atoms with Gasteiger partial charge in [0.15, 0.2) is 0 Å².